The number of rotatable bonds is 8. The second-order valence-corrected chi connectivity index (χ2v) is 6.09. The molecule has 1 aromatic heterocycles. The minimum Gasteiger partial charge on any atom is -0.476 e. The van der Waals surface area contributed by atoms with Gasteiger partial charge in [0.15, 0.2) is 5.69 Å². The van der Waals surface area contributed by atoms with E-state index in [1.54, 1.807) is 31.2 Å². The minimum absolute atomic E-state index is 0.151. The van der Waals surface area contributed by atoms with Crippen molar-refractivity contribution < 1.29 is 19.4 Å². The summed E-state index contributed by atoms with van der Waals surface area (Å²) in [5.74, 6) is -0.876. The Kier molecular flexibility index (Phi) is 6.24. The largest absolute Gasteiger partial charge is 0.476 e. The van der Waals surface area contributed by atoms with Gasteiger partial charge in [-0.2, -0.15) is 0 Å². The Morgan fingerprint density at radius 3 is 2.72 bits per heavy atom. The number of carbonyl (C=O) groups is 2. The van der Waals surface area contributed by atoms with Crippen LogP contribution < -0.4 is 5.32 Å². The van der Waals surface area contributed by atoms with E-state index in [9.17, 15) is 9.59 Å². The van der Waals surface area contributed by atoms with E-state index in [2.05, 4.69) is 29.5 Å². The molecule has 0 saturated heterocycles. The average Bonchev–Trinajstić information content (AvgIpc) is 3.05. The van der Waals surface area contributed by atoms with E-state index in [0.29, 0.717) is 23.9 Å². The first-order valence-electron chi connectivity index (χ1n) is 8.05. The Labute approximate surface area is 145 Å². The van der Waals surface area contributed by atoms with Gasteiger partial charge in [-0.1, -0.05) is 25.1 Å². The smallest absolute Gasteiger partial charge is 0.358 e. The Bertz CT molecular complexity index is 742. The number of benzene rings is 1. The van der Waals surface area contributed by atoms with Gasteiger partial charge in [-0.15, -0.1) is 5.10 Å². The van der Waals surface area contributed by atoms with Crippen LogP contribution in [0.25, 0.3) is 5.69 Å². The van der Waals surface area contributed by atoms with Crippen molar-refractivity contribution in [2.75, 3.05) is 11.9 Å². The monoisotopic (exact) mass is 346 g/mol. The van der Waals surface area contributed by atoms with Gasteiger partial charge < -0.3 is 15.2 Å². The van der Waals surface area contributed by atoms with Crippen LogP contribution in [0.15, 0.2) is 30.5 Å². The lowest BCUT2D eigenvalue weighted by molar-refractivity contribution is -0.126. The van der Waals surface area contributed by atoms with Crippen molar-refractivity contribution in [3.63, 3.8) is 0 Å². The van der Waals surface area contributed by atoms with Crippen LogP contribution in [0.1, 0.15) is 37.7 Å². The number of ether oxygens (including phenoxy) is 1. The van der Waals surface area contributed by atoms with Crippen LogP contribution in [-0.2, 0) is 9.53 Å². The fourth-order valence-electron chi connectivity index (χ4n) is 2.01. The molecule has 1 amide bonds. The zero-order valence-corrected chi connectivity index (χ0v) is 14.5. The standard InChI is InChI=1S/C17H22N4O4/c1-11(2)7-8-25-12(3)16(22)18-13-5-4-6-14(9-13)21-10-15(17(23)24)19-20-21/h4-6,9-12H,7-8H2,1-3H3,(H,18,22)(H,23,24). The first kappa shape index (κ1) is 18.6. The molecule has 0 aliphatic heterocycles. The number of carboxylic acid groups (broad SMARTS) is 1. The summed E-state index contributed by atoms with van der Waals surface area (Å²) in [6.45, 7) is 6.43. The Morgan fingerprint density at radius 2 is 2.08 bits per heavy atom. The summed E-state index contributed by atoms with van der Waals surface area (Å²) < 4.78 is 6.86. The van der Waals surface area contributed by atoms with Crippen LogP contribution in [0.3, 0.4) is 0 Å². The molecular weight excluding hydrogens is 324 g/mol. The van der Waals surface area contributed by atoms with Gasteiger partial charge in [-0.05, 0) is 37.5 Å². The van der Waals surface area contributed by atoms with E-state index in [1.807, 2.05) is 0 Å². The normalized spacial score (nSPS) is 12.2. The molecule has 8 nitrogen and oxygen atoms in total. The van der Waals surface area contributed by atoms with Gasteiger partial charge in [-0.25, -0.2) is 9.48 Å². The third-order valence-corrected chi connectivity index (χ3v) is 3.52. The highest BCUT2D eigenvalue weighted by atomic mass is 16.5. The SMILES string of the molecule is CC(C)CCOC(C)C(=O)Nc1cccc(-n2cc(C(=O)O)nn2)c1. The first-order valence-corrected chi connectivity index (χ1v) is 8.05. The molecule has 2 aromatic rings. The van der Waals surface area contributed by atoms with Gasteiger partial charge in [0.2, 0.25) is 0 Å². The molecule has 0 radical (unpaired) electrons. The van der Waals surface area contributed by atoms with Crippen molar-refractivity contribution in [2.45, 2.75) is 33.3 Å². The third-order valence-electron chi connectivity index (χ3n) is 3.52. The third kappa shape index (κ3) is 5.39. The van der Waals surface area contributed by atoms with E-state index in [0.717, 1.165) is 6.42 Å². The molecular formula is C17H22N4O4. The lowest BCUT2D eigenvalue weighted by Crippen LogP contribution is -2.28. The Balaban J connectivity index is 2.00. The van der Waals surface area contributed by atoms with Crippen molar-refractivity contribution in [3.8, 4) is 5.69 Å². The summed E-state index contributed by atoms with van der Waals surface area (Å²) in [4.78, 5) is 23.1. The molecule has 0 aliphatic carbocycles. The number of carbonyl (C=O) groups excluding carboxylic acids is 1. The molecule has 25 heavy (non-hydrogen) atoms. The molecule has 1 aromatic carbocycles. The lowest BCUT2D eigenvalue weighted by Gasteiger charge is -2.14. The fourth-order valence-corrected chi connectivity index (χ4v) is 2.01. The highest BCUT2D eigenvalue weighted by molar-refractivity contribution is 5.94. The zero-order chi connectivity index (χ0) is 18.4. The van der Waals surface area contributed by atoms with Crippen molar-refractivity contribution in [3.05, 3.63) is 36.2 Å². The van der Waals surface area contributed by atoms with E-state index in [4.69, 9.17) is 9.84 Å². The molecule has 1 unspecified atom stereocenters. The predicted molar refractivity (Wildman–Crippen MR) is 91.8 cm³/mol. The summed E-state index contributed by atoms with van der Waals surface area (Å²) in [6.07, 6.45) is 1.64. The van der Waals surface area contributed by atoms with Crippen LogP contribution in [0.4, 0.5) is 5.69 Å². The van der Waals surface area contributed by atoms with Crippen LogP contribution in [-0.4, -0.2) is 44.7 Å². The second kappa shape index (κ2) is 8.39. The van der Waals surface area contributed by atoms with Gasteiger partial charge in [0.1, 0.15) is 6.10 Å². The predicted octanol–water partition coefficient (Wildman–Crippen LogP) is 2.36. The quantitative estimate of drug-likeness (QED) is 0.760. The maximum atomic E-state index is 12.2. The number of carboxylic acids is 1. The van der Waals surface area contributed by atoms with Gasteiger partial charge in [0.25, 0.3) is 5.91 Å². The van der Waals surface area contributed by atoms with Gasteiger partial charge in [-0.3, -0.25) is 4.79 Å². The number of aromatic carboxylic acids is 1. The van der Waals surface area contributed by atoms with E-state index in [1.165, 1.54) is 10.9 Å². The number of nitrogens with one attached hydrogen (secondary N) is 1. The highest BCUT2D eigenvalue weighted by Crippen LogP contribution is 2.15. The molecule has 0 fully saturated rings. The minimum atomic E-state index is -1.15. The van der Waals surface area contributed by atoms with E-state index >= 15 is 0 Å². The molecule has 134 valence electrons. The molecule has 2 N–H and O–H groups in total. The number of hydrogen-bond donors (Lipinski definition) is 2. The van der Waals surface area contributed by atoms with Crippen LogP contribution in [0, 0.1) is 5.92 Å². The maximum absolute atomic E-state index is 12.2. The fraction of sp³-hybridized carbons (Fsp3) is 0.412. The van der Waals surface area contributed by atoms with Crippen molar-refractivity contribution in [1.82, 2.24) is 15.0 Å². The first-order chi connectivity index (χ1) is 11.9. The number of nitrogens with zero attached hydrogens (tertiary/aromatic N) is 3. The van der Waals surface area contributed by atoms with Crippen molar-refractivity contribution in [1.29, 1.82) is 0 Å². The Hall–Kier alpha value is -2.74. The van der Waals surface area contributed by atoms with E-state index < -0.39 is 12.1 Å². The molecule has 2 rings (SSSR count). The topological polar surface area (TPSA) is 106 Å². The lowest BCUT2D eigenvalue weighted by atomic mass is 10.1. The highest BCUT2D eigenvalue weighted by Gasteiger charge is 2.14. The summed E-state index contributed by atoms with van der Waals surface area (Å²) in [6, 6.07) is 6.88. The molecule has 8 heteroatoms. The molecule has 0 bridgehead atoms. The molecule has 0 spiro atoms. The number of hydrogen-bond acceptors (Lipinski definition) is 5. The maximum Gasteiger partial charge on any atom is 0.358 e. The summed E-state index contributed by atoms with van der Waals surface area (Å²) in [7, 11) is 0. The molecule has 0 aliphatic rings. The van der Waals surface area contributed by atoms with Crippen LogP contribution >= 0.6 is 0 Å². The Morgan fingerprint density at radius 1 is 1.32 bits per heavy atom. The number of anilines is 1. The van der Waals surface area contributed by atoms with Crippen molar-refractivity contribution >= 4 is 17.6 Å². The molecule has 0 saturated carbocycles. The summed E-state index contributed by atoms with van der Waals surface area (Å²) in [5.41, 5.74) is 1.00. The number of aromatic nitrogens is 3. The van der Waals surface area contributed by atoms with Crippen LogP contribution in [0.5, 0.6) is 0 Å². The summed E-state index contributed by atoms with van der Waals surface area (Å²) in [5, 5.41) is 19.0. The average molecular weight is 346 g/mol. The summed E-state index contributed by atoms with van der Waals surface area (Å²) >= 11 is 0. The van der Waals surface area contributed by atoms with Gasteiger partial charge in [0, 0.05) is 12.3 Å². The molecule has 1 heterocycles. The van der Waals surface area contributed by atoms with E-state index in [-0.39, 0.29) is 11.6 Å². The number of amides is 1. The van der Waals surface area contributed by atoms with Crippen molar-refractivity contribution in [2.24, 2.45) is 5.92 Å². The second-order valence-electron chi connectivity index (χ2n) is 6.09. The molecule has 1 atom stereocenters. The van der Waals surface area contributed by atoms with Gasteiger partial charge >= 0.3 is 5.97 Å². The van der Waals surface area contributed by atoms with Gasteiger partial charge in [0.05, 0.1) is 11.9 Å². The zero-order valence-electron chi connectivity index (χ0n) is 14.5. The van der Waals surface area contributed by atoms with Crippen LogP contribution in [0.2, 0.25) is 0 Å².